The fourth-order valence-electron chi connectivity index (χ4n) is 2.96. The van der Waals surface area contributed by atoms with Crippen molar-refractivity contribution in [2.45, 2.75) is 39.0 Å². The van der Waals surface area contributed by atoms with Crippen molar-refractivity contribution in [2.24, 2.45) is 5.92 Å². The summed E-state index contributed by atoms with van der Waals surface area (Å²) in [4.78, 5) is 13.3. The number of rotatable bonds is 5. The molecule has 1 saturated heterocycles. The Balaban J connectivity index is 2.06. The van der Waals surface area contributed by atoms with Gasteiger partial charge >= 0.3 is 12.6 Å². The Morgan fingerprint density at radius 2 is 2.00 bits per heavy atom. The molecule has 21 heavy (non-hydrogen) atoms. The average Bonchev–Trinajstić information content (AvgIpc) is 2.80. The molecule has 4 nitrogen and oxygen atoms in total. The molecule has 6 heteroatoms. The first kappa shape index (κ1) is 15.7. The van der Waals surface area contributed by atoms with Crippen molar-refractivity contribution in [2.75, 3.05) is 6.54 Å². The number of carboxylic acid groups (broad SMARTS) is 1. The Kier molecular flexibility index (Phi) is 4.77. The number of likely N-dealkylation sites (tertiary alicyclic amines) is 1. The minimum Gasteiger partial charge on any atom is -0.481 e. The van der Waals surface area contributed by atoms with Crippen LogP contribution >= 0.6 is 0 Å². The third kappa shape index (κ3) is 3.50. The summed E-state index contributed by atoms with van der Waals surface area (Å²) in [6, 6.07) is 6.48. The van der Waals surface area contributed by atoms with E-state index in [1.165, 1.54) is 12.1 Å². The molecule has 0 amide bonds. The monoisotopic (exact) mass is 299 g/mol. The first-order chi connectivity index (χ1) is 9.90. The molecule has 0 saturated carbocycles. The molecule has 1 aromatic rings. The zero-order valence-electron chi connectivity index (χ0n) is 12.0. The quantitative estimate of drug-likeness (QED) is 0.907. The van der Waals surface area contributed by atoms with Crippen molar-refractivity contribution < 1.29 is 23.4 Å². The van der Waals surface area contributed by atoms with Crippen LogP contribution in [0.2, 0.25) is 0 Å². The lowest BCUT2D eigenvalue weighted by molar-refractivity contribution is -0.142. The maximum atomic E-state index is 12.1. The molecule has 3 atom stereocenters. The molecule has 0 bridgehead atoms. The van der Waals surface area contributed by atoms with E-state index in [4.69, 9.17) is 5.11 Å². The molecule has 1 heterocycles. The number of nitrogens with zero attached hydrogens (tertiary/aromatic N) is 1. The highest BCUT2D eigenvalue weighted by molar-refractivity contribution is 5.71. The van der Waals surface area contributed by atoms with Gasteiger partial charge in [-0.3, -0.25) is 9.69 Å². The van der Waals surface area contributed by atoms with Crippen molar-refractivity contribution in [3.8, 4) is 5.75 Å². The van der Waals surface area contributed by atoms with Gasteiger partial charge in [-0.2, -0.15) is 8.78 Å². The Morgan fingerprint density at radius 3 is 2.48 bits per heavy atom. The summed E-state index contributed by atoms with van der Waals surface area (Å²) >= 11 is 0. The summed E-state index contributed by atoms with van der Waals surface area (Å²) in [7, 11) is 0. The van der Waals surface area contributed by atoms with Crippen LogP contribution in [-0.4, -0.2) is 35.2 Å². The van der Waals surface area contributed by atoms with E-state index in [0.29, 0.717) is 13.0 Å². The molecule has 1 aliphatic heterocycles. The van der Waals surface area contributed by atoms with E-state index in [-0.39, 0.29) is 23.8 Å². The van der Waals surface area contributed by atoms with Gasteiger partial charge in [0.05, 0.1) is 5.92 Å². The van der Waals surface area contributed by atoms with Gasteiger partial charge in [0, 0.05) is 12.1 Å². The van der Waals surface area contributed by atoms with Gasteiger partial charge in [-0.1, -0.05) is 12.1 Å². The van der Waals surface area contributed by atoms with Crippen molar-refractivity contribution in [3.05, 3.63) is 29.8 Å². The number of halogens is 2. The lowest BCUT2D eigenvalue weighted by Gasteiger charge is -2.30. The Bertz CT molecular complexity index is 492. The largest absolute Gasteiger partial charge is 0.481 e. The summed E-state index contributed by atoms with van der Waals surface area (Å²) in [5, 5.41) is 9.16. The SMILES string of the molecule is CC(c1ccc(OC(F)F)cc1)N1CCC(C(=O)O)C1C. The van der Waals surface area contributed by atoms with Crippen LogP contribution in [0, 0.1) is 5.92 Å². The second kappa shape index (κ2) is 6.39. The predicted molar refractivity (Wildman–Crippen MR) is 73.4 cm³/mol. The number of aliphatic carboxylic acids is 1. The average molecular weight is 299 g/mol. The van der Waals surface area contributed by atoms with Gasteiger partial charge in [-0.05, 0) is 44.5 Å². The normalized spacial score (nSPS) is 24.2. The van der Waals surface area contributed by atoms with Gasteiger partial charge in [0.2, 0.25) is 0 Å². The van der Waals surface area contributed by atoms with Crippen LogP contribution in [0.3, 0.4) is 0 Å². The number of hydrogen-bond donors (Lipinski definition) is 1. The Labute approximate surface area is 122 Å². The number of benzene rings is 1. The Hall–Kier alpha value is -1.69. The third-order valence-electron chi connectivity index (χ3n) is 4.21. The molecular formula is C15H19F2NO3. The fourth-order valence-corrected chi connectivity index (χ4v) is 2.96. The summed E-state index contributed by atoms with van der Waals surface area (Å²) in [5.41, 5.74) is 0.953. The lowest BCUT2D eigenvalue weighted by Crippen LogP contribution is -2.34. The van der Waals surface area contributed by atoms with Crippen molar-refractivity contribution in [1.29, 1.82) is 0 Å². The number of ether oxygens (including phenoxy) is 1. The second-order valence-electron chi connectivity index (χ2n) is 5.34. The maximum Gasteiger partial charge on any atom is 0.387 e. The van der Waals surface area contributed by atoms with Crippen LogP contribution in [0.15, 0.2) is 24.3 Å². The third-order valence-corrected chi connectivity index (χ3v) is 4.21. The molecule has 1 aromatic carbocycles. The highest BCUT2D eigenvalue weighted by Crippen LogP contribution is 2.33. The molecule has 0 spiro atoms. The lowest BCUT2D eigenvalue weighted by atomic mass is 10.0. The molecule has 0 radical (unpaired) electrons. The van der Waals surface area contributed by atoms with Gasteiger partial charge < -0.3 is 9.84 Å². The van der Waals surface area contributed by atoms with Gasteiger partial charge in [0.1, 0.15) is 5.75 Å². The molecule has 0 aliphatic carbocycles. The van der Waals surface area contributed by atoms with E-state index in [9.17, 15) is 13.6 Å². The van der Waals surface area contributed by atoms with Crippen molar-refractivity contribution in [3.63, 3.8) is 0 Å². The molecule has 3 unspecified atom stereocenters. The van der Waals surface area contributed by atoms with Crippen molar-refractivity contribution in [1.82, 2.24) is 4.90 Å². The molecule has 1 aliphatic rings. The first-order valence-electron chi connectivity index (χ1n) is 6.93. The van der Waals surface area contributed by atoms with Crippen LogP contribution in [0.4, 0.5) is 8.78 Å². The second-order valence-corrected chi connectivity index (χ2v) is 5.34. The van der Waals surface area contributed by atoms with E-state index in [2.05, 4.69) is 9.64 Å². The fraction of sp³-hybridized carbons (Fsp3) is 0.533. The molecule has 2 rings (SSSR count). The topological polar surface area (TPSA) is 49.8 Å². The van der Waals surface area contributed by atoms with E-state index >= 15 is 0 Å². The maximum absolute atomic E-state index is 12.1. The molecule has 0 aromatic heterocycles. The van der Waals surface area contributed by atoms with Crippen LogP contribution in [-0.2, 0) is 4.79 Å². The van der Waals surface area contributed by atoms with Crippen molar-refractivity contribution >= 4 is 5.97 Å². The predicted octanol–water partition coefficient (Wildman–Crippen LogP) is 3.14. The summed E-state index contributed by atoms with van der Waals surface area (Å²) in [6.07, 6.45) is 0.632. The summed E-state index contributed by atoms with van der Waals surface area (Å²) in [6.45, 7) is 1.79. The summed E-state index contributed by atoms with van der Waals surface area (Å²) in [5.74, 6) is -0.995. The minimum atomic E-state index is -2.83. The van der Waals surface area contributed by atoms with Crippen LogP contribution in [0.25, 0.3) is 0 Å². The number of carboxylic acids is 1. The van der Waals surface area contributed by atoms with E-state index in [1.54, 1.807) is 12.1 Å². The number of alkyl halides is 2. The van der Waals surface area contributed by atoms with E-state index in [1.807, 2.05) is 13.8 Å². The molecule has 1 fully saturated rings. The molecule has 116 valence electrons. The van der Waals surface area contributed by atoms with Gasteiger partial charge in [0.25, 0.3) is 0 Å². The number of hydrogen-bond acceptors (Lipinski definition) is 3. The summed E-state index contributed by atoms with van der Waals surface area (Å²) < 4.78 is 28.5. The van der Waals surface area contributed by atoms with E-state index in [0.717, 1.165) is 5.56 Å². The number of carbonyl (C=O) groups is 1. The standard InChI is InChI=1S/C15H19F2NO3/c1-9(18-8-7-13(10(18)2)14(19)20)11-3-5-12(6-4-11)21-15(16)17/h3-6,9-10,13,15H,7-8H2,1-2H3,(H,19,20). The zero-order valence-corrected chi connectivity index (χ0v) is 12.0. The van der Waals surface area contributed by atoms with Gasteiger partial charge in [-0.25, -0.2) is 0 Å². The highest BCUT2D eigenvalue weighted by atomic mass is 19.3. The van der Waals surface area contributed by atoms with Crippen LogP contribution in [0.1, 0.15) is 31.9 Å². The van der Waals surface area contributed by atoms with Crippen LogP contribution in [0.5, 0.6) is 5.75 Å². The minimum absolute atomic E-state index is 0.0324. The van der Waals surface area contributed by atoms with E-state index < -0.39 is 12.6 Å². The van der Waals surface area contributed by atoms with Crippen LogP contribution < -0.4 is 4.74 Å². The molecular weight excluding hydrogens is 280 g/mol. The molecule has 1 N–H and O–H groups in total. The van der Waals surface area contributed by atoms with Gasteiger partial charge in [0.15, 0.2) is 0 Å². The highest BCUT2D eigenvalue weighted by Gasteiger charge is 2.37. The zero-order chi connectivity index (χ0) is 15.6. The first-order valence-corrected chi connectivity index (χ1v) is 6.93. The Morgan fingerprint density at radius 1 is 1.38 bits per heavy atom. The van der Waals surface area contributed by atoms with Gasteiger partial charge in [-0.15, -0.1) is 0 Å². The smallest absolute Gasteiger partial charge is 0.387 e.